The van der Waals surface area contributed by atoms with Gasteiger partial charge in [-0.3, -0.25) is 32.5 Å². The molecule has 0 rings (SSSR count). The lowest BCUT2D eigenvalue weighted by molar-refractivity contribution is -0.161. The van der Waals surface area contributed by atoms with E-state index in [-0.39, 0.29) is 19.3 Å². The summed E-state index contributed by atoms with van der Waals surface area (Å²) in [7, 11) is -9.79. The van der Waals surface area contributed by atoms with Gasteiger partial charge < -0.3 is 34.2 Å². The minimum absolute atomic E-state index is 0.0855. The van der Waals surface area contributed by atoms with Crippen molar-refractivity contribution in [2.75, 3.05) is 39.6 Å². The van der Waals surface area contributed by atoms with Gasteiger partial charge in [0, 0.05) is 19.3 Å². The zero-order chi connectivity index (χ0) is 72.3. The Kier molecular flexibility index (Phi) is 71.1. The summed E-state index contributed by atoms with van der Waals surface area (Å²) in [5, 5.41) is 20.6. The molecule has 0 aromatic carbocycles. The lowest BCUT2D eigenvalue weighted by atomic mass is 10.0. The molecule has 0 aliphatic rings. The number of aliphatic hydroxyl groups is 2. The molecule has 16 nitrogen and oxygen atoms in total. The summed E-state index contributed by atoms with van der Waals surface area (Å²) >= 11 is 0. The van der Waals surface area contributed by atoms with Gasteiger partial charge in [0.15, 0.2) is 6.10 Å². The van der Waals surface area contributed by atoms with Crippen LogP contribution in [0, 0.1) is 0 Å². The molecule has 0 aromatic rings. The van der Waals surface area contributed by atoms with Crippen molar-refractivity contribution in [3.05, 3.63) is 109 Å². The Morgan fingerprint density at radius 2 is 0.556 bits per heavy atom. The first-order valence-corrected chi connectivity index (χ1v) is 42.2. The SMILES string of the molecule is CC/C=C\C/C=C\C/C=C\CCCCCCCCCC(=O)OCC(COP(=O)(O)OCC(O)COP(=O)(O)OCC(O)COC(=O)CCCCCCCCCCCCCCCCCCC/C=C\C/C=C\C/C=C\C/C=C\CCCCC)OC(=O)CCCCCCC/C=C\C/C=C\CCC. The van der Waals surface area contributed by atoms with E-state index in [0.717, 1.165) is 154 Å². The monoisotopic (exact) mass is 1430 g/mol. The van der Waals surface area contributed by atoms with E-state index in [1.54, 1.807) is 0 Å². The van der Waals surface area contributed by atoms with Crippen LogP contribution < -0.4 is 0 Å². The summed E-state index contributed by atoms with van der Waals surface area (Å²) in [6.45, 7) is 2.46. The van der Waals surface area contributed by atoms with Crippen molar-refractivity contribution in [1.29, 1.82) is 0 Å². The molecule has 0 heterocycles. The zero-order valence-electron chi connectivity index (χ0n) is 62.4. The average Bonchev–Trinajstić information content (AvgIpc) is 1.05. The third-order valence-corrected chi connectivity index (χ3v) is 18.3. The van der Waals surface area contributed by atoms with Crippen LogP contribution in [-0.2, 0) is 55.8 Å². The normalized spacial score (nSPS) is 14.6. The van der Waals surface area contributed by atoms with Crippen LogP contribution in [0.4, 0.5) is 0 Å². The number of allylic oxidation sites excluding steroid dienone is 18. The van der Waals surface area contributed by atoms with Gasteiger partial charge in [-0.1, -0.05) is 297 Å². The number of aliphatic hydroxyl groups excluding tert-OH is 2. The summed E-state index contributed by atoms with van der Waals surface area (Å²) in [6.07, 6.45) is 85.9. The van der Waals surface area contributed by atoms with Gasteiger partial charge in [-0.05, 0) is 122 Å². The van der Waals surface area contributed by atoms with E-state index in [0.29, 0.717) is 19.3 Å². The lowest BCUT2D eigenvalue weighted by Crippen LogP contribution is -2.30. The second-order valence-electron chi connectivity index (χ2n) is 26.1. The molecule has 572 valence electrons. The predicted octanol–water partition coefficient (Wildman–Crippen LogP) is 22.8. The van der Waals surface area contributed by atoms with E-state index in [2.05, 4.69) is 130 Å². The smallest absolute Gasteiger partial charge is 0.463 e. The van der Waals surface area contributed by atoms with Gasteiger partial charge in [0.2, 0.25) is 0 Å². The number of phosphoric ester groups is 2. The van der Waals surface area contributed by atoms with E-state index < -0.39 is 91.5 Å². The van der Waals surface area contributed by atoms with Crippen molar-refractivity contribution in [1.82, 2.24) is 0 Å². The van der Waals surface area contributed by atoms with Crippen molar-refractivity contribution in [3.8, 4) is 0 Å². The van der Waals surface area contributed by atoms with Gasteiger partial charge in [0.25, 0.3) is 0 Å². The number of carbonyl (C=O) groups excluding carboxylic acids is 3. The molecule has 18 heteroatoms. The summed E-state index contributed by atoms with van der Waals surface area (Å²) < 4.78 is 61.0. The van der Waals surface area contributed by atoms with Gasteiger partial charge >= 0.3 is 33.6 Å². The fourth-order valence-corrected chi connectivity index (χ4v) is 12.1. The first-order valence-electron chi connectivity index (χ1n) is 39.2. The molecule has 0 fully saturated rings. The maximum absolute atomic E-state index is 12.9. The van der Waals surface area contributed by atoms with Gasteiger partial charge in [-0.2, -0.15) is 0 Å². The Bertz CT molecular complexity index is 2240. The van der Waals surface area contributed by atoms with E-state index >= 15 is 0 Å². The van der Waals surface area contributed by atoms with Crippen LogP contribution in [0.25, 0.3) is 0 Å². The van der Waals surface area contributed by atoms with Crippen LogP contribution >= 0.6 is 15.6 Å². The Morgan fingerprint density at radius 3 is 0.889 bits per heavy atom. The van der Waals surface area contributed by atoms with Crippen molar-refractivity contribution in [2.24, 2.45) is 0 Å². The van der Waals surface area contributed by atoms with E-state index in [4.69, 9.17) is 32.3 Å². The highest BCUT2D eigenvalue weighted by molar-refractivity contribution is 7.47. The maximum atomic E-state index is 12.9. The number of ether oxygens (including phenoxy) is 3. The van der Waals surface area contributed by atoms with E-state index in [1.165, 1.54) is 116 Å². The van der Waals surface area contributed by atoms with Crippen LogP contribution in [0.1, 0.15) is 329 Å². The van der Waals surface area contributed by atoms with Crippen LogP contribution in [0.3, 0.4) is 0 Å². The third-order valence-electron chi connectivity index (χ3n) is 16.4. The zero-order valence-corrected chi connectivity index (χ0v) is 64.2. The van der Waals surface area contributed by atoms with E-state index in [9.17, 15) is 43.5 Å². The van der Waals surface area contributed by atoms with Gasteiger partial charge in [0.1, 0.15) is 25.4 Å². The van der Waals surface area contributed by atoms with Crippen molar-refractivity contribution >= 4 is 33.6 Å². The number of rotatable bonds is 74. The molecular weight excluding hydrogens is 1290 g/mol. The predicted molar refractivity (Wildman–Crippen MR) is 408 cm³/mol. The fraction of sp³-hybridized carbons (Fsp3) is 0.741. The fourth-order valence-electron chi connectivity index (χ4n) is 10.5. The number of hydrogen-bond acceptors (Lipinski definition) is 14. The molecule has 0 aliphatic carbocycles. The molecule has 0 bridgehead atoms. The van der Waals surface area contributed by atoms with Gasteiger partial charge in [-0.25, -0.2) is 9.13 Å². The first kappa shape index (κ1) is 95.2. The minimum Gasteiger partial charge on any atom is -0.463 e. The quantitative estimate of drug-likeness (QED) is 0.0146. The number of esters is 3. The Balaban J connectivity index is 4.38. The molecule has 0 radical (unpaired) electrons. The lowest BCUT2D eigenvalue weighted by Gasteiger charge is -2.21. The Hall–Kier alpha value is -3.79. The highest BCUT2D eigenvalue weighted by Crippen LogP contribution is 2.45. The number of unbranched alkanes of at least 4 members (excludes halogenated alkanes) is 33. The summed E-state index contributed by atoms with van der Waals surface area (Å²) in [5.41, 5.74) is 0. The highest BCUT2D eigenvalue weighted by atomic mass is 31.2. The molecular formula is C81H142O16P2. The van der Waals surface area contributed by atoms with E-state index in [1.807, 2.05) is 0 Å². The molecule has 99 heavy (non-hydrogen) atoms. The highest BCUT2D eigenvalue weighted by Gasteiger charge is 2.29. The molecule has 4 N–H and O–H groups in total. The second kappa shape index (κ2) is 73.9. The molecule has 5 unspecified atom stereocenters. The largest absolute Gasteiger partial charge is 0.472 e. The second-order valence-corrected chi connectivity index (χ2v) is 29.0. The summed E-state index contributed by atoms with van der Waals surface area (Å²) in [5.74, 6) is -1.60. The third kappa shape index (κ3) is 75.2. The Labute approximate surface area is 602 Å². The molecule has 0 saturated carbocycles. The van der Waals surface area contributed by atoms with Crippen molar-refractivity contribution in [2.45, 2.75) is 347 Å². The molecule has 5 atom stereocenters. The average molecular weight is 1430 g/mol. The number of phosphoric acid groups is 2. The first-order chi connectivity index (χ1) is 48.2. The molecule has 0 saturated heterocycles. The molecule has 0 aromatic heterocycles. The molecule has 0 spiro atoms. The summed E-state index contributed by atoms with van der Waals surface area (Å²) in [6, 6.07) is 0. The van der Waals surface area contributed by atoms with Crippen molar-refractivity contribution in [3.63, 3.8) is 0 Å². The summed E-state index contributed by atoms with van der Waals surface area (Å²) in [4.78, 5) is 58.5. The minimum atomic E-state index is -4.93. The Morgan fingerprint density at radius 1 is 0.293 bits per heavy atom. The molecule has 0 aliphatic heterocycles. The van der Waals surface area contributed by atoms with Crippen molar-refractivity contribution < 1.29 is 75.8 Å². The van der Waals surface area contributed by atoms with Crippen LogP contribution in [0.2, 0.25) is 0 Å². The maximum Gasteiger partial charge on any atom is 0.472 e. The number of carbonyl (C=O) groups is 3. The molecule has 0 amide bonds. The van der Waals surface area contributed by atoms with Crippen LogP contribution in [0.15, 0.2) is 109 Å². The van der Waals surface area contributed by atoms with Crippen LogP contribution in [0.5, 0.6) is 0 Å². The standard InChI is InChI=1S/C81H142O16P2/c1-4-7-10-13-16-19-22-25-27-29-30-31-32-33-34-35-36-37-38-39-40-41-42-43-44-46-48-50-52-55-58-61-64-67-79(84)91-70-76(82)71-93-98(87,88)94-72-77(83)73-95-99(89,90)96-75-78(97-81(86)69-66-63-60-57-54-49-24-21-18-15-12-9-6-3)74-92-80(85)68-65-62-59-56-53-51-47-45-28-26-23-20-17-14-11-8-5-2/h8,11-12,15-17,19-21,24-28,30-31,33-34,76-78,82-83H,4-7,9-10,13-14,18,22-23,29,32,35-75H2,1-3H3,(H,87,88)(H,89,90)/b11-8-,15-12-,19-16-,20-17-,24-21-,27-25-,28-26-,31-30-,34-33-. The number of hydrogen-bond donors (Lipinski definition) is 4. The van der Waals surface area contributed by atoms with Gasteiger partial charge in [0.05, 0.1) is 26.4 Å². The van der Waals surface area contributed by atoms with Gasteiger partial charge in [-0.15, -0.1) is 0 Å². The topological polar surface area (TPSA) is 231 Å². The van der Waals surface area contributed by atoms with Crippen LogP contribution in [-0.4, -0.2) is 95.9 Å².